The predicted molar refractivity (Wildman–Crippen MR) is 21.3 cm³/mol. The minimum absolute atomic E-state index is 0. The van der Waals surface area contributed by atoms with E-state index in [1.807, 2.05) is 0 Å². The van der Waals surface area contributed by atoms with E-state index in [1.165, 1.54) is 0 Å². The number of hydrogen-bond acceptors (Lipinski definition) is 0. The van der Waals surface area contributed by atoms with E-state index in [-0.39, 0.29) is 95.1 Å². The Labute approximate surface area is 93.6 Å². The summed E-state index contributed by atoms with van der Waals surface area (Å²) in [5.74, 6) is 0. The van der Waals surface area contributed by atoms with Crippen LogP contribution in [0.5, 0.6) is 0 Å². The maximum atomic E-state index is 0. The molecule has 42 valence electrons. The second-order valence-electron chi connectivity index (χ2n) is 0. The van der Waals surface area contributed by atoms with Crippen molar-refractivity contribution < 1.29 is 59.9 Å². The standard InChI is InChI=1S/Au.GeH4.GeH3.Mo.Ni/h;1H4;1H3;;. The molecule has 0 aromatic rings. The van der Waals surface area contributed by atoms with Gasteiger partial charge in [0.25, 0.3) is 0 Å². The van der Waals surface area contributed by atoms with Crippen molar-refractivity contribution in [2.24, 2.45) is 0 Å². The van der Waals surface area contributed by atoms with Gasteiger partial charge in [-0.15, -0.1) is 0 Å². The molecule has 0 saturated carbocycles. The Morgan fingerprint density at radius 3 is 1.00 bits per heavy atom. The summed E-state index contributed by atoms with van der Waals surface area (Å²) in [5.41, 5.74) is 0. The summed E-state index contributed by atoms with van der Waals surface area (Å²) >= 11 is 0. The van der Waals surface area contributed by atoms with Crippen molar-refractivity contribution >= 4 is 35.2 Å². The van der Waals surface area contributed by atoms with Crippen LogP contribution in [0.4, 0.5) is 0 Å². The third kappa shape index (κ3) is 19.4. The van der Waals surface area contributed by atoms with Gasteiger partial charge in [0.15, 0.2) is 0 Å². The molecule has 0 heterocycles. The average Bonchev–Trinajstić information content (AvgIpc) is 0. The molecule has 0 aromatic heterocycles. The Kier molecular flexibility index (Phi) is 243. The summed E-state index contributed by atoms with van der Waals surface area (Å²) in [6, 6.07) is 0. The Morgan fingerprint density at radius 1 is 1.00 bits per heavy atom. The molecule has 2 radical (unpaired) electrons. The van der Waals surface area contributed by atoms with E-state index in [2.05, 4.69) is 0 Å². The van der Waals surface area contributed by atoms with Gasteiger partial charge in [-0.25, -0.2) is 0 Å². The van der Waals surface area contributed by atoms with Crippen LogP contribution >= 0.6 is 0 Å². The monoisotopic (exact) mass is 508 g/mol. The van der Waals surface area contributed by atoms with Crippen molar-refractivity contribution in [1.29, 1.82) is 0 Å². The molecule has 0 rings (SSSR count). The molecular weight excluding hydrogens is 497 g/mol. The molecule has 0 aliphatic heterocycles. The SMILES string of the molecule is [Au].[GeH3].[GeH4].[Mo].[Ni]. The molecule has 0 fully saturated rings. The summed E-state index contributed by atoms with van der Waals surface area (Å²) in [6.45, 7) is 0. The van der Waals surface area contributed by atoms with Crippen molar-refractivity contribution in [1.82, 2.24) is 0 Å². The van der Waals surface area contributed by atoms with E-state index in [0.717, 1.165) is 0 Å². The molecule has 0 bridgehead atoms. The van der Waals surface area contributed by atoms with Gasteiger partial charge in [-0.3, -0.25) is 0 Å². The van der Waals surface area contributed by atoms with Gasteiger partial charge < -0.3 is 0 Å². The summed E-state index contributed by atoms with van der Waals surface area (Å²) in [5, 5.41) is 0. The van der Waals surface area contributed by atoms with Crippen LogP contribution in [0.25, 0.3) is 0 Å². The minimum atomic E-state index is 0. The molecule has 0 unspecified atom stereocenters. The maximum absolute atomic E-state index is 0. The summed E-state index contributed by atoms with van der Waals surface area (Å²) in [6.07, 6.45) is 0. The van der Waals surface area contributed by atoms with Gasteiger partial charge in [-0.1, -0.05) is 0 Å². The largest absolute Gasteiger partial charge is 0 e. The summed E-state index contributed by atoms with van der Waals surface area (Å²) in [4.78, 5) is 0. The molecule has 0 atom stereocenters. The van der Waals surface area contributed by atoms with Crippen LogP contribution in [0, 0.1) is 0 Å². The van der Waals surface area contributed by atoms with E-state index in [1.54, 1.807) is 0 Å². The van der Waals surface area contributed by atoms with Crippen molar-refractivity contribution in [2.45, 2.75) is 0 Å². The zero-order valence-electron chi connectivity index (χ0n) is 2.03. The van der Waals surface area contributed by atoms with E-state index in [9.17, 15) is 0 Å². The molecule has 0 spiro atoms. The quantitative estimate of drug-likeness (QED) is 0.317. The molecule has 5 heteroatoms. The topological polar surface area (TPSA) is 0 Å². The van der Waals surface area contributed by atoms with E-state index in [4.69, 9.17) is 0 Å². The summed E-state index contributed by atoms with van der Waals surface area (Å²) < 4.78 is 0. The van der Waals surface area contributed by atoms with Gasteiger partial charge in [0, 0.05) is 59.9 Å². The van der Waals surface area contributed by atoms with Gasteiger partial charge in [0.2, 0.25) is 0 Å². The molecule has 0 saturated heterocycles. The van der Waals surface area contributed by atoms with Crippen molar-refractivity contribution in [3.8, 4) is 0 Å². The van der Waals surface area contributed by atoms with Crippen LogP contribution in [-0.2, 0) is 59.9 Å². The Hall–Kier alpha value is 3.01. The Bertz CT molecular complexity index is 9.61. The van der Waals surface area contributed by atoms with Crippen LogP contribution in [0.2, 0.25) is 0 Å². The molecule has 0 N–H and O–H groups in total. The van der Waals surface area contributed by atoms with Gasteiger partial charge in [-0.05, 0) is 0 Å². The van der Waals surface area contributed by atoms with Gasteiger partial charge in [-0.2, -0.15) is 0 Å². The van der Waals surface area contributed by atoms with Gasteiger partial charge in [0.05, 0.1) is 0 Å². The molecule has 0 aliphatic carbocycles. The van der Waals surface area contributed by atoms with E-state index >= 15 is 0 Å². The summed E-state index contributed by atoms with van der Waals surface area (Å²) in [7, 11) is 0. The first-order chi connectivity index (χ1) is 0. The second kappa shape index (κ2) is 28.0. The van der Waals surface area contributed by atoms with E-state index < -0.39 is 0 Å². The van der Waals surface area contributed by atoms with Crippen LogP contribution in [-0.4, -0.2) is 35.2 Å². The van der Waals surface area contributed by atoms with Gasteiger partial charge in [0.1, 0.15) is 0 Å². The molecule has 0 aromatic carbocycles. The normalized spacial score (nSPS) is 0. The molecular formula is H7AuGe2MoNi. The number of rotatable bonds is 0. The molecule has 0 amide bonds. The first kappa shape index (κ1) is 43.5. The zero-order chi connectivity index (χ0) is 0. The average molecular weight is 504 g/mol. The van der Waals surface area contributed by atoms with Crippen LogP contribution < -0.4 is 0 Å². The molecule has 0 nitrogen and oxygen atoms in total. The molecule has 5 heavy (non-hydrogen) atoms. The maximum Gasteiger partial charge on any atom is 0 e. The number of hydrogen-bond donors (Lipinski definition) is 0. The zero-order valence-corrected chi connectivity index (χ0v) is 11.4. The van der Waals surface area contributed by atoms with Gasteiger partial charge >= 0.3 is 35.2 Å². The first-order valence-electron chi connectivity index (χ1n) is 0. The molecule has 0 aliphatic rings. The first-order valence-corrected chi connectivity index (χ1v) is 0. The fraction of sp³-hybridized carbons (Fsp3) is 0. The fourth-order valence-corrected chi connectivity index (χ4v) is 0. The van der Waals surface area contributed by atoms with Crippen LogP contribution in [0.1, 0.15) is 0 Å². The third-order valence-corrected chi connectivity index (χ3v) is 0. The van der Waals surface area contributed by atoms with Crippen LogP contribution in [0.3, 0.4) is 0 Å². The smallest absolute Gasteiger partial charge is 0 e. The van der Waals surface area contributed by atoms with Crippen LogP contribution in [0.15, 0.2) is 0 Å². The van der Waals surface area contributed by atoms with E-state index in [0.29, 0.717) is 0 Å². The third-order valence-electron chi connectivity index (χ3n) is 0. The van der Waals surface area contributed by atoms with Crippen molar-refractivity contribution in [2.75, 3.05) is 0 Å². The predicted octanol–water partition coefficient (Wildman–Crippen LogP) is -2.64. The Balaban J connectivity index is 0. The van der Waals surface area contributed by atoms with Crippen molar-refractivity contribution in [3.05, 3.63) is 0 Å². The second-order valence-corrected chi connectivity index (χ2v) is 0. The van der Waals surface area contributed by atoms with Crippen molar-refractivity contribution in [3.63, 3.8) is 0 Å². The minimum Gasteiger partial charge on any atom is 0 e. The Morgan fingerprint density at radius 2 is 1.00 bits per heavy atom. The fourth-order valence-electron chi connectivity index (χ4n) is 0.